The third kappa shape index (κ3) is 4.37. The van der Waals surface area contributed by atoms with Gasteiger partial charge in [0.1, 0.15) is 0 Å². The fraction of sp³-hybridized carbons (Fsp3) is 0.429. The average molecular weight is 448 g/mol. The maximum absolute atomic E-state index is 12.1. The van der Waals surface area contributed by atoms with E-state index in [9.17, 15) is 4.79 Å². The van der Waals surface area contributed by atoms with E-state index in [1.54, 1.807) is 13.1 Å². The third-order valence-corrected chi connectivity index (χ3v) is 5.84. The quantitative estimate of drug-likeness (QED) is 0.554. The summed E-state index contributed by atoms with van der Waals surface area (Å²) in [5.41, 5.74) is 9.15. The number of rotatable bonds is 5. The maximum atomic E-state index is 12.1. The van der Waals surface area contributed by atoms with Crippen molar-refractivity contribution in [2.75, 3.05) is 13.2 Å². The molecule has 28 heavy (non-hydrogen) atoms. The summed E-state index contributed by atoms with van der Waals surface area (Å²) < 4.78 is 14.1. The largest absolute Gasteiger partial charge is 0.347 e. The molecule has 0 bridgehead atoms. The van der Waals surface area contributed by atoms with Gasteiger partial charge in [-0.3, -0.25) is 4.79 Å². The van der Waals surface area contributed by atoms with E-state index in [-0.39, 0.29) is 12.3 Å². The summed E-state index contributed by atoms with van der Waals surface area (Å²) in [4.78, 5) is 12.1. The number of carbonyl (C=O) groups is 1. The molecular weight excluding hydrogens is 422 g/mol. The van der Waals surface area contributed by atoms with E-state index >= 15 is 0 Å². The first-order valence-corrected chi connectivity index (χ1v) is 10.1. The summed E-state index contributed by atoms with van der Waals surface area (Å²) in [6.45, 7) is 11.1. The van der Waals surface area contributed by atoms with Crippen LogP contribution in [0.4, 0.5) is 0 Å². The van der Waals surface area contributed by atoms with Crippen molar-refractivity contribution in [3.8, 4) is 5.69 Å². The first kappa shape index (κ1) is 20.8. The summed E-state index contributed by atoms with van der Waals surface area (Å²) in [6.07, 6.45) is 1.77. The fourth-order valence-corrected chi connectivity index (χ4v) is 4.17. The summed E-state index contributed by atoms with van der Waals surface area (Å²) in [5, 5.41) is 4.14. The Hall–Kier alpha value is -1.96. The molecule has 0 spiro atoms. The van der Waals surface area contributed by atoms with Gasteiger partial charge in [-0.05, 0) is 73.8 Å². The lowest BCUT2D eigenvalue weighted by molar-refractivity contribution is -0.159. The van der Waals surface area contributed by atoms with E-state index in [1.165, 1.54) is 11.1 Å². The highest BCUT2D eigenvalue weighted by molar-refractivity contribution is 9.10. The molecule has 1 aliphatic heterocycles. The van der Waals surface area contributed by atoms with Crippen molar-refractivity contribution in [1.29, 1.82) is 0 Å². The Morgan fingerprint density at radius 1 is 1.18 bits per heavy atom. The van der Waals surface area contributed by atoms with Crippen LogP contribution in [0.3, 0.4) is 0 Å². The molecule has 6 nitrogen and oxygen atoms in total. The number of aromatic nitrogens is 1. The number of halogens is 1. The summed E-state index contributed by atoms with van der Waals surface area (Å²) in [5.74, 6) is -1.11. The molecule has 2 heterocycles. The number of hydrazone groups is 1. The summed E-state index contributed by atoms with van der Waals surface area (Å²) in [7, 11) is 0. The summed E-state index contributed by atoms with van der Waals surface area (Å²) in [6, 6.07) is 6.47. The lowest BCUT2D eigenvalue weighted by atomic mass is 10.1. The van der Waals surface area contributed by atoms with Crippen LogP contribution in [-0.4, -0.2) is 35.7 Å². The van der Waals surface area contributed by atoms with Crippen molar-refractivity contribution in [1.82, 2.24) is 9.99 Å². The van der Waals surface area contributed by atoms with Gasteiger partial charge in [0.25, 0.3) is 0 Å². The van der Waals surface area contributed by atoms with Crippen LogP contribution >= 0.6 is 15.9 Å². The molecule has 0 aliphatic carbocycles. The van der Waals surface area contributed by atoms with Crippen molar-refractivity contribution in [3.63, 3.8) is 0 Å². The van der Waals surface area contributed by atoms with Crippen LogP contribution in [0.5, 0.6) is 0 Å². The minimum atomic E-state index is -0.862. The van der Waals surface area contributed by atoms with Gasteiger partial charge >= 0.3 is 0 Å². The van der Waals surface area contributed by atoms with Crippen molar-refractivity contribution < 1.29 is 14.3 Å². The van der Waals surface area contributed by atoms with Gasteiger partial charge in [-0.1, -0.05) is 6.07 Å². The first-order chi connectivity index (χ1) is 13.2. The fourth-order valence-electron chi connectivity index (χ4n) is 3.60. The number of aryl methyl sites for hydroxylation is 2. The lowest BCUT2D eigenvalue weighted by Gasteiger charge is -2.20. The molecular formula is C21H26BrN3O3. The van der Waals surface area contributed by atoms with Crippen molar-refractivity contribution in [2.45, 2.75) is 46.8 Å². The van der Waals surface area contributed by atoms with E-state index in [1.807, 2.05) is 6.92 Å². The van der Waals surface area contributed by atoms with Crippen LogP contribution in [0.1, 0.15) is 41.4 Å². The second-order valence-electron chi connectivity index (χ2n) is 7.38. The SMILES string of the molecule is Cc1cc(C)cc(-n2c(C)c(Br)c(/C=N\NC(=O)CC3(C)OCCO3)c2C)c1. The molecule has 0 unspecified atom stereocenters. The topological polar surface area (TPSA) is 64.9 Å². The molecule has 0 saturated carbocycles. The first-order valence-electron chi connectivity index (χ1n) is 9.26. The number of hydrogen-bond acceptors (Lipinski definition) is 4. The smallest absolute Gasteiger partial charge is 0.245 e. The average Bonchev–Trinajstić information content (AvgIpc) is 3.11. The highest BCUT2D eigenvalue weighted by atomic mass is 79.9. The zero-order valence-corrected chi connectivity index (χ0v) is 18.5. The van der Waals surface area contributed by atoms with E-state index in [0.29, 0.717) is 13.2 Å². The molecule has 1 aromatic carbocycles. The van der Waals surface area contributed by atoms with E-state index in [0.717, 1.165) is 27.1 Å². The van der Waals surface area contributed by atoms with Gasteiger partial charge in [-0.25, -0.2) is 5.43 Å². The molecule has 1 N–H and O–H groups in total. The molecule has 2 aromatic rings. The van der Waals surface area contributed by atoms with Crippen molar-refractivity contribution >= 4 is 28.1 Å². The van der Waals surface area contributed by atoms with Gasteiger partial charge in [0, 0.05) is 27.1 Å². The second kappa shape index (κ2) is 8.19. The van der Waals surface area contributed by atoms with E-state index < -0.39 is 5.79 Å². The Kier molecular flexibility index (Phi) is 6.07. The molecule has 1 saturated heterocycles. The highest BCUT2D eigenvalue weighted by Crippen LogP contribution is 2.30. The Morgan fingerprint density at radius 3 is 2.39 bits per heavy atom. The Balaban J connectivity index is 1.79. The predicted molar refractivity (Wildman–Crippen MR) is 113 cm³/mol. The number of carbonyl (C=O) groups excluding carboxylic acids is 1. The van der Waals surface area contributed by atoms with Crippen molar-refractivity contribution in [2.24, 2.45) is 5.10 Å². The summed E-state index contributed by atoms with van der Waals surface area (Å²) >= 11 is 3.67. The van der Waals surface area contributed by atoms with Crippen molar-refractivity contribution in [3.05, 3.63) is 50.8 Å². The monoisotopic (exact) mass is 447 g/mol. The van der Waals surface area contributed by atoms with Gasteiger partial charge in [-0.2, -0.15) is 5.10 Å². The molecule has 0 radical (unpaired) electrons. The zero-order chi connectivity index (χ0) is 20.5. The number of nitrogens with zero attached hydrogens (tertiary/aromatic N) is 2. The van der Waals surface area contributed by atoms with Crippen LogP contribution < -0.4 is 5.43 Å². The molecule has 3 rings (SSSR count). The normalized spacial score (nSPS) is 16.1. The van der Waals surface area contributed by atoms with Crippen LogP contribution in [0.25, 0.3) is 5.69 Å². The standard InChI is InChI=1S/C21H26BrN3O3/c1-13-8-14(2)10-17(9-13)25-15(3)18(20(22)16(25)4)12-23-24-19(26)11-21(5)27-6-7-28-21/h8-10,12H,6-7,11H2,1-5H3,(H,24,26)/b23-12-. The Bertz CT molecular complexity index is 907. The van der Waals surface area contributed by atoms with Gasteiger partial charge in [0.15, 0.2) is 5.79 Å². The zero-order valence-electron chi connectivity index (χ0n) is 16.9. The molecule has 1 amide bonds. The van der Waals surface area contributed by atoms with Gasteiger partial charge in [0.2, 0.25) is 5.91 Å². The van der Waals surface area contributed by atoms with Crippen LogP contribution in [-0.2, 0) is 14.3 Å². The molecule has 150 valence electrons. The molecule has 0 atom stereocenters. The number of amides is 1. The highest BCUT2D eigenvalue weighted by Gasteiger charge is 2.33. The second-order valence-corrected chi connectivity index (χ2v) is 8.17. The molecule has 1 aliphatic rings. The number of hydrogen-bond donors (Lipinski definition) is 1. The number of nitrogens with one attached hydrogen (secondary N) is 1. The lowest BCUT2D eigenvalue weighted by Crippen LogP contribution is -2.33. The Morgan fingerprint density at radius 2 is 1.79 bits per heavy atom. The van der Waals surface area contributed by atoms with Gasteiger partial charge in [-0.15, -0.1) is 0 Å². The van der Waals surface area contributed by atoms with Gasteiger partial charge < -0.3 is 14.0 Å². The van der Waals surface area contributed by atoms with E-state index in [4.69, 9.17) is 9.47 Å². The van der Waals surface area contributed by atoms with E-state index in [2.05, 4.69) is 70.0 Å². The molecule has 1 aromatic heterocycles. The minimum absolute atomic E-state index is 0.104. The molecule has 1 fully saturated rings. The van der Waals surface area contributed by atoms with Gasteiger partial charge in [0.05, 0.1) is 25.8 Å². The van der Waals surface area contributed by atoms with Crippen LogP contribution in [0, 0.1) is 27.7 Å². The molecule has 7 heteroatoms. The number of ether oxygens (including phenoxy) is 2. The third-order valence-electron chi connectivity index (χ3n) is 4.84. The van der Waals surface area contributed by atoms with Crippen LogP contribution in [0.15, 0.2) is 27.8 Å². The predicted octanol–water partition coefficient (Wildman–Crippen LogP) is 4.08. The minimum Gasteiger partial charge on any atom is -0.347 e. The maximum Gasteiger partial charge on any atom is 0.245 e. The number of benzene rings is 1. The van der Waals surface area contributed by atoms with Crippen LogP contribution in [0.2, 0.25) is 0 Å². The Labute approximate surface area is 174 Å².